The van der Waals surface area contributed by atoms with Crippen LogP contribution in [0.1, 0.15) is 0 Å². The van der Waals surface area contributed by atoms with Crippen molar-refractivity contribution < 1.29 is 0 Å². The molecular weight excluding hydrogens is 791 g/mol. The highest BCUT2D eigenvalue weighted by Gasteiger charge is 2.21. The van der Waals surface area contributed by atoms with Gasteiger partial charge in [0.05, 0.1) is 5.69 Å². The normalized spacial score (nSPS) is 11.4. The topological polar surface area (TPSA) is 3.24 Å². The molecule has 0 spiro atoms. The molecule has 1 aromatic heterocycles. The van der Waals surface area contributed by atoms with Crippen molar-refractivity contribution in [3.05, 3.63) is 249 Å². The maximum absolute atomic E-state index is 2.44. The lowest BCUT2D eigenvalue weighted by atomic mass is 9.92. The van der Waals surface area contributed by atoms with Crippen molar-refractivity contribution in [1.29, 1.82) is 0 Å². The molecule has 0 saturated carbocycles. The predicted molar refractivity (Wildman–Crippen MR) is 276 cm³/mol. The summed E-state index contributed by atoms with van der Waals surface area (Å²) in [4.78, 5) is 2.44. The molecule has 0 N–H and O–H groups in total. The fourth-order valence-electron chi connectivity index (χ4n) is 9.60. The molecule has 0 radical (unpaired) electrons. The minimum Gasteiger partial charge on any atom is -0.310 e. The van der Waals surface area contributed by atoms with Crippen molar-refractivity contribution in [3.8, 4) is 55.6 Å². The average molecular weight is 832 g/mol. The first-order chi connectivity index (χ1) is 31.7. The minimum atomic E-state index is 1.09. The first-order valence-electron chi connectivity index (χ1n) is 21.9. The molecule has 0 unspecified atom stereocenters. The first-order valence-corrected chi connectivity index (χ1v) is 22.7. The van der Waals surface area contributed by atoms with Crippen LogP contribution < -0.4 is 4.90 Å². The predicted octanol–water partition coefficient (Wildman–Crippen LogP) is 18.2. The second-order valence-electron chi connectivity index (χ2n) is 16.4. The van der Waals surface area contributed by atoms with E-state index in [1.165, 1.54) is 91.8 Å². The van der Waals surface area contributed by atoms with Gasteiger partial charge in [0.1, 0.15) is 0 Å². The van der Waals surface area contributed by atoms with E-state index in [1.54, 1.807) is 0 Å². The Hall–Kier alpha value is -8.04. The van der Waals surface area contributed by atoms with Crippen LogP contribution in [0.4, 0.5) is 17.1 Å². The van der Waals surface area contributed by atoms with Crippen LogP contribution in [0.25, 0.3) is 97.4 Å². The molecule has 0 bridgehead atoms. The van der Waals surface area contributed by atoms with E-state index in [0.29, 0.717) is 0 Å². The molecule has 64 heavy (non-hydrogen) atoms. The smallest absolute Gasteiger partial charge is 0.0540 e. The van der Waals surface area contributed by atoms with Gasteiger partial charge < -0.3 is 4.90 Å². The lowest BCUT2D eigenvalue weighted by Gasteiger charge is -2.29. The quantitative estimate of drug-likeness (QED) is 0.147. The number of benzene rings is 11. The van der Waals surface area contributed by atoms with Crippen molar-refractivity contribution in [2.45, 2.75) is 0 Å². The first kappa shape index (κ1) is 37.7. The van der Waals surface area contributed by atoms with E-state index in [0.717, 1.165) is 22.6 Å². The van der Waals surface area contributed by atoms with Crippen LogP contribution in [-0.4, -0.2) is 0 Å². The summed E-state index contributed by atoms with van der Waals surface area (Å²) in [5, 5.41) is 7.61. The molecule has 0 amide bonds. The highest BCUT2D eigenvalue weighted by atomic mass is 32.1. The van der Waals surface area contributed by atoms with E-state index >= 15 is 0 Å². The lowest BCUT2D eigenvalue weighted by molar-refractivity contribution is 1.28. The Labute approximate surface area is 377 Å². The molecule has 0 aliphatic carbocycles. The van der Waals surface area contributed by atoms with Crippen molar-refractivity contribution in [2.75, 3.05) is 4.90 Å². The van der Waals surface area contributed by atoms with Gasteiger partial charge in [-0.25, -0.2) is 0 Å². The number of nitrogens with zero attached hydrogens (tertiary/aromatic N) is 1. The summed E-state index contributed by atoms with van der Waals surface area (Å²) in [5.74, 6) is 0. The van der Waals surface area contributed by atoms with Gasteiger partial charge in [0.25, 0.3) is 0 Å². The molecule has 1 nitrogen and oxygen atoms in total. The van der Waals surface area contributed by atoms with Gasteiger partial charge in [0, 0.05) is 37.1 Å². The molecule has 0 aliphatic heterocycles. The monoisotopic (exact) mass is 831 g/mol. The number of hydrogen-bond donors (Lipinski definition) is 0. The van der Waals surface area contributed by atoms with Crippen LogP contribution >= 0.6 is 11.3 Å². The van der Waals surface area contributed by atoms with E-state index in [4.69, 9.17) is 0 Å². The third-order valence-corrected chi connectivity index (χ3v) is 13.8. The van der Waals surface area contributed by atoms with E-state index in [-0.39, 0.29) is 0 Å². The standard InChI is InChI=1S/C62H41NS/c1-2-16-47-40-49(35-32-42(47)14-1)55-22-6-5-21-54(55)48-18-11-19-51(41-48)63(59-27-9-7-23-56(59)57-26-13-29-61-62(57)58-24-8-10-28-60(58)64-61)50-38-36-44(37-39-50)43-30-33-46(34-31-43)53-25-12-17-45-15-3-4-20-52(45)53/h1-41H. The Kier molecular flexibility index (Phi) is 9.43. The van der Waals surface area contributed by atoms with Crippen LogP contribution in [0.3, 0.4) is 0 Å². The van der Waals surface area contributed by atoms with Crippen LogP contribution in [0.15, 0.2) is 249 Å². The second kappa shape index (κ2) is 16.0. The number of rotatable bonds is 8. The van der Waals surface area contributed by atoms with Crippen LogP contribution in [0.5, 0.6) is 0 Å². The van der Waals surface area contributed by atoms with Crippen LogP contribution in [0, 0.1) is 0 Å². The number of hydrogen-bond acceptors (Lipinski definition) is 2. The number of fused-ring (bicyclic) bond motifs is 5. The maximum atomic E-state index is 2.44. The maximum Gasteiger partial charge on any atom is 0.0540 e. The highest BCUT2D eigenvalue weighted by molar-refractivity contribution is 7.25. The molecule has 1 heterocycles. The molecule has 300 valence electrons. The van der Waals surface area contributed by atoms with Gasteiger partial charge in [-0.15, -0.1) is 11.3 Å². The fraction of sp³-hybridized carbons (Fsp3) is 0. The van der Waals surface area contributed by atoms with Gasteiger partial charge in [-0.05, 0) is 120 Å². The van der Waals surface area contributed by atoms with Crippen LogP contribution in [0.2, 0.25) is 0 Å². The van der Waals surface area contributed by atoms with Crippen molar-refractivity contribution >= 4 is 70.1 Å². The molecule has 0 saturated heterocycles. The van der Waals surface area contributed by atoms with Crippen LogP contribution in [-0.2, 0) is 0 Å². The van der Waals surface area contributed by atoms with Gasteiger partial charge in [-0.2, -0.15) is 0 Å². The molecule has 2 heteroatoms. The molecule has 0 fully saturated rings. The number of para-hydroxylation sites is 1. The molecule has 12 rings (SSSR count). The summed E-state index contributed by atoms with van der Waals surface area (Å²) >= 11 is 1.86. The summed E-state index contributed by atoms with van der Waals surface area (Å²) in [6.45, 7) is 0. The zero-order valence-electron chi connectivity index (χ0n) is 35.0. The van der Waals surface area contributed by atoms with Gasteiger partial charge >= 0.3 is 0 Å². The fourth-order valence-corrected chi connectivity index (χ4v) is 10.7. The van der Waals surface area contributed by atoms with Crippen molar-refractivity contribution in [3.63, 3.8) is 0 Å². The highest BCUT2D eigenvalue weighted by Crippen LogP contribution is 2.47. The summed E-state index contributed by atoms with van der Waals surface area (Å²) in [7, 11) is 0. The molecule has 0 atom stereocenters. The van der Waals surface area contributed by atoms with Gasteiger partial charge in [-0.1, -0.05) is 200 Å². The molecule has 0 aliphatic rings. The van der Waals surface area contributed by atoms with Crippen molar-refractivity contribution in [2.24, 2.45) is 0 Å². The van der Waals surface area contributed by atoms with Crippen molar-refractivity contribution in [1.82, 2.24) is 0 Å². The van der Waals surface area contributed by atoms with E-state index < -0.39 is 0 Å². The Bertz CT molecular complexity index is 3670. The Morgan fingerprint density at radius 2 is 0.797 bits per heavy atom. The zero-order chi connectivity index (χ0) is 42.4. The van der Waals surface area contributed by atoms with E-state index in [9.17, 15) is 0 Å². The largest absolute Gasteiger partial charge is 0.310 e. The SMILES string of the molecule is c1cc(-c2ccccc2-c2ccc3ccccc3c2)cc(N(c2ccc(-c3ccc(-c4cccc5ccccc45)cc3)cc2)c2ccccc2-c2cccc3sc4ccccc4c23)c1. The van der Waals surface area contributed by atoms with E-state index in [1.807, 2.05) is 11.3 Å². The molecule has 11 aromatic carbocycles. The summed E-state index contributed by atoms with van der Waals surface area (Å²) in [6.07, 6.45) is 0. The Morgan fingerprint density at radius 1 is 0.266 bits per heavy atom. The second-order valence-corrected chi connectivity index (χ2v) is 17.5. The Balaban J connectivity index is 0.987. The van der Waals surface area contributed by atoms with Gasteiger partial charge in [0.15, 0.2) is 0 Å². The molecule has 12 aromatic rings. The summed E-state index contributed by atoms with van der Waals surface area (Å²) < 4.78 is 2.60. The third kappa shape index (κ3) is 6.73. The zero-order valence-corrected chi connectivity index (χ0v) is 35.8. The summed E-state index contributed by atoms with van der Waals surface area (Å²) in [6, 6.07) is 91.0. The minimum absolute atomic E-state index is 1.09. The third-order valence-electron chi connectivity index (χ3n) is 12.7. The summed E-state index contributed by atoms with van der Waals surface area (Å²) in [5.41, 5.74) is 15.3. The van der Waals surface area contributed by atoms with E-state index in [2.05, 4.69) is 254 Å². The van der Waals surface area contributed by atoms with Gasteiger partial charge in [0.2, 0.25) is 0 Å². The number of anilines is 3. The number of thiophene rings is 1. The molecular formula is C62H41NS. The lowest BCUT2D eigenvalue weighted by Crippen LogP contribution is -2.11. The Morgan fingerprint density at radius 3 is 1.61 bits per heavy atom. The average Bonchev–Trinajstić information content (AvgIpc) is 3.76. The van der Waals surface area contributed by atoms with Gasteiger partial charge in [-0.3, -0.25) is 0 Å².